The molecular formula is C14H19ClN2O2S. The summed E-state index contributed by atoms with van der Waals surface area (Å²) in [4.78, 5) is 11.5. The van der Waals surface area contributed by atoms with Gasteiger partial charge in [-0.05, 0) is 42.8 Å². The number of carbonyl (C=O) groups excluding carboxylic acids is 1. The van der Waals surface area contributed by atoms with Crippen LogP contribution in [0.2, 0.25) is 5.02 Å². The molecule has 0 aromatic heterocycles. The normalized spacial score (nSPS) is 10.2. The number of nitrogens with one attached hydrogen (secondary N) is 2. The fourth-order valence-electron chi connectivity index (χ4n) is 1.52. The maximum Gasteiger partial charge on any atom is 0.339 e. The zero-order chi connectivity index (χ0) is 15.1. The highest BCUT2D eigenvalue weighted by atomic mass is 35.5. The Balaban J connectivity index is 2.64. The summed E-state index contributed by atoms with van der Waals surface area (Å²) >= 11 is 11.1. The Hall–Kier alpha value is -1.33. The SMILES string of the molecule is COC(=O)c1cc(NC(=S)NCCC(C)C)ccc1Cl. The highest BCUT2D eigenvalue weighted by molar-refractivity contribution is 7.80. The average molecular weight is 315 g/mol. The number of methoxy groups -OCH3 is 1. The first kappa shape index (κ1) is 16.7. The summed E-state index contributed by atoms with van der Waals surface area (Å²) in [5.74, 6) is 0.143. The Morgan fingerprint density at radius 3 is 2.75 bits per heavy atom. The van der Waals surface area contributed by atoms with Crippen molar-refractivity contribution in [1.29, 1.82) is 0 Å². The van der Waals surface area contributed by atoms with Crippen molar-refractivity contribution in [2.75, 3.05) is 19.0 Å². The summed E-state index contributed by atoms with van der Waals surface area (Å²) < 4.78 is 4.67. The van der Waals surface area contributed by atoms with Gasteiger partial charge < -0.3 is 15.4 Å². The van der Waals surface area contributed by atoms with Gasteiger partial charge in [-0.25, -0.2) is 4.79 Å². The van der Waals surface area contributed by atoms with Gasteiger partial charge in [0.2, 0.25) is 0 Å². The standard InChI is InChI=1S/C14H19ClN2O2S/c1-9(2)6-7-16-14(20)17-10-4-5-12(15)11(8-10)13(18)19-3/h4-5,8-9H,6-7H2,1-3H3,(H2,16,17,20). The molecule has 6 heteroatoms. The van der Waals surface area contributed by atoms with Gasteiger partial charge in [0.25, 0.3) is 0 Å². The van der Waals surface area contributed by atoms with Crippen molar-refractivity contribution < 1.29 is 9.53 Å². The summed E-state index contributed by atoms with van der Waals surface area (Å²) in [7, 11) is 1.32. The number of anilines is 1. The second-order valence-electron chi connectivity index (χ2n) is 4.75. The number of benzene rings is 1. The van der Waals surface area contributed by atoms with Crippen molar-refractivity contribution in [2.45, 2.75) is 20.3 Å². The number of ether oxygens (including phenoxy) is 1. The van der Waals surface area contributed by atoms with Crippen molar-refractivity contribution in [1.82, 2.24) is 5.32 Å². The van der Waals surface area contributed by atoms with Crippen LogP contribution in [0.25, 0.3) is 0 Å². The molecule has 0 amide bonds. The van der Waals surface area contributed by atoms with E-state index in [0.29, 0.717) is 27.3 Å². The van der Waals surface area contributed by atoms with E-state index in [1.165, 1.54) is 7.11 Å². The molecule has 4 nitrogen and oxygen atoms in total. The Kier molecular flexibility index (Phi) is 6.75. The van der Waals surface area contributed by atoms with E-state index in [1.54, 1.807) is 18.2 Å². The minimum atomic E-state index is -0.475. The molecule has 0 fully saturated rings. The van der Waals surface area contributed by atoms with E-state index in [0.717, 1.165) is 13.0 Å². The van der Waals surface area contributed by atoms with E-state index in [1.807, 2.05) is 0 Å². The molecule has 0 heterocycles. The number of thiocarbonyl (C=S) groups is 1. The van der Waals surface area contributed by atoms with E-state index in [-0.39, 0.29) is 0 Å². The number of hydrogen-bond acceptors (Lipinski definition) is 3. The third-order valence-electron chi connectivity index (χ3n) is 2.64. The first-order valence-electron chi connectivity index (χ1n) is 6.36. The second kappa shape index (κ2) is 8.07. The van der Waals surface area contributed by atoms with Crippen molar-refractivity contribution >= 4 is 40.6 Å². The van der Waals surface area contributed by atoms with Gasteiger partial charge >= 0.3 is 5.97 Å². The maximum absolute atomic E-state index is 11.5. The third-order valence-corrected chi connectivity index (χ3v) is 3.21. The summed E-state index contributed by atoms with van der Waals surface area (Å²) in [6.45, 7) is 5.11. The fraction of sp³-hybridized carbons (Fsp3) is 0.429. The smallest absolute Gasteiger partial charge is 0.339 e. The Labute approximate surface area is 129 Å². The molecule has 20 heavy (non-hydrogen) atoms. The topological polar surface area (TPSA) is 50.4 Å². The largest absolute Gasteiger partial charge is 0.465 e. The molecule has 1 rings (SSSR count). The third kappa shape index (κ3) is 5.35. The predicted molar refractivity (Wildman–Crippen MR) is 86.5 cm³/mol. The molecule has 0 saturated heterocycles. The Morgan fingerprint density at radius 2 is 2.15 bits per heavy atom. The van der Waals surface area contributed by atoms with Crippen LogP contribution in [0, 0.1) is 5.92 Å². The Morgan fingerprint density at radius 1 is 1.45 bits per heavy atom. The van der Waals surface area contributed by atoms with E-state index >= 15 is 0 Å². The van der Waals surface area contributed by atoms with E-state index < -0.39 is 5.97 Å². The van der Waals surface area contributed by atoms with Crippen molar-refractivity contribution in [3.63, 3.8) is 0 Å². The van der Waals surface area contributed by atoms with Crippen molar-refractivity contribution in [2.24, 2.45) is 5.92 Å². The van der Waals surface area contributed by atoms with E-state index in [9.17, 15) is 4.79 Å². The molecular weight excluding hydrogens is 296 g/mol. The van der Waals surface area contributed by atoms with Crippen LogP contribution in [0.4, 0.5) is 5.69 Å². The molecule has 0 unspecified atom stereocenters. The van der Waals surface area contributed by atoms with Crippen molar-refractivity contribution in [3.05, 3.63) is 28.8 Å². The van der Waals surface area contributed by atoms with Gasteiger partial charge in [-0.3, -0.25) is 0 Å². The van der Waals surface area contributed by atoms with Crippen LogP contribution in [-0.4, -0.2) is 24.7 Å². The Bertz CT molecular complexity index is 492. The molecule has 0 aliphatic carbocycles. The zero-order valence-corrected chi connectivity index (χ0v) is 13.4. The molecule has 0 spiro atoms. The molecule has 2 N–H and O–H groups in total. The highest BCUT2D eigenvalue weighted by Crippen LogP contribution is 2.21. The molecule has 0 aliphatic heterocycles. The number of halogens is 1. The lowest BCUT2D eigenvalue weighted by Crippen LogP contribution is -2.29. The summed E-state index contributed by atoms with van der Waals surface area (Å²) in [6, 6.07) is 5.00. The molecule has 1 aromatic carbocycles. The molecule has 0 saturated carbocycles. The number of carbonyl (C=O) groups is 1. The highest BCUT2D eigenvalue weighted by Gasteiger charge is 2.11. The lowest BCUT2D eigenvalue weighted by molar-refractivity contribution is 0.0601. The van der Waals surface area contributed by atoms with Gasteiger partial charge in [-0.2, -0.15) is 0 Å². The lowest BCUT2D eigenvalue weighted by Gasteiger charge is -2.12. The van der Waals surface area contributed by atoms with Crippen LogP contribution in [0.1, 0.15) is 30.6 Å². The van der Waals surface area contributed by atoms with Crippen LogP contribution >= 0.6 is 23.8 Å². The number of hydrogen-bond donors (Lipinski definition) is 2. The quantitative estimate of drug-likeness (QED) is 0.644. The second-order valence-corrected chi connectivity index (χ2v) is 5.57. The minimum Gasteiger partial charge on any atom is -0.465 e. The monoisotopic (exact) mass is 314 g/mol. The fourth-order valence-corrected chi connectivity index (χ4v) is 1.93. The van der Waals surface area contributed by atoms with E-state index in [2.05, 4.69) is 29.2 Å². The van der Waals surface area contributed by atoms with Gasteiger partial charge in [-0.15, -0.1) is 0 Å². The van der Waals surface area contributed by atoms with Gasteiger partial charge in [-0.1, -0.05) is 25.4 Å². The van der Waals surface area contributed by atoms with Gasteiger partial charge in [0.05, 0.1) is 17.7 Å². The molecule has 110 valence electrons. The molecule has 1 aromatic rings. The zero-order valence-electron chi connectivity index (χ0n) is 11.8. The molecule has 0 atom stereocenters. The molecule has 0 bridgehead atoms. The number of rotatable bonds is 5. The lowest BCUT2D eigenvalue weighted by atomic mass is 10.1. The van der Waals surface area contributed by atoms with Gasteiger partial charge in [0.15, 0.2) is 5.11 Å². The summed E-state index contributed by atoms with van der Waals surface area (Å²) in [5.41, 5.74) is 1.00. The minimum absolute atomic E-state index is 0.309. The van der Waals surface area contributed by atoms with Gasteiger partial charge in [0.1, 0.15) is 0 Å². The number of esters is 1. The average Bonchev–Trinajstić information content (AvgIpc) is 2.39. The first-order chi connectivity index (χ1) is 9.43. The first-order valence-corrected chi connectivity index (χ1v) is 7.15. The van der Waals surface area contributed by atoms with Crippen LogP contribution in [0.5, 0.6) is 0 Å². The van der Waals surface area contributed by atoms with Crippen molar-refractivity contribution in [3.8, 4) is 0 Å². The van der Waals surface area contributed by atoms with Crippen LogP contribution in [0.3, 0.4) is 0 Å². The van der Waals surface area contributed by atoms with Crippen LogP contribution in [-0.2, 0) is 4.74 Å². The summed E-state index contributed by atoms with van der Waals surface area (Å²) in [6.07, 6.45) is 1.04. The molecule has 0 radical (unpaired) electrons. The van der Waals surface area contributed by atoms with E-state index in [4.69, 9.17) is 23.8 Å². The summed E-state index contributed by atoms with van der Waals surface area (Å²) in [5, 5.41) is 6.99. The van der Waals surface area contributed by atoms with Crippen LogP contribution in [0.15, 0.2) is 18.2 Å². The van der Waals surface area contributed by atoms with Gasteiger partial charge in [0, 0.05) is 12.2 Å². The van der Waals surface area contributed by atoms with Crippen LogP contribution < -0.4 is 10.6 Å². The molecule has 0 aliphatic rings. The predicted octanol–water partition coefficient (Wildman–Crippen LogP) is 3.46. The maximum atomic E-state index is 11.5.